The lowest BCUT2D eigenvalue weighted by molar-refractivity contribution is 0.0600. The molecule has 1 aromatic heterocycles. The van der Waals surface area contributed by atoms with Crippen LogP contribution in [0.4, 0.5) is 0 Å². The molecule has 2 amide bonds. The summed E-state index contributed by atoms with van der Waals surface area (Å²) in [6.07, 6.45) is 2.85. The third-order valence-electron chi connectivity index (χ3n) is 4.27. The van der Waals surface area contributed by atoms with Crippen molar-refractivity contribution >= 4 is 11.8 Å². The Hall–Kier alpha value is -2.70. The Morgan fingerprint density at radius 2 is 2.08 bits per heavy atom. The lowest BCUT2D eigenvalue weighted by atomic mass is 9.99. The molecule has 1 aliphatic rings. The van der Waals surface area contributed by atoms with Gasteiger partial charge in [0, 0.05) is 24.7 Å². The molecule has 1 saturated heterocycles. The average Bonchev–Trinajstić information content (AvgIpc) is 3.06. The number of aryl methyl sites for hydroxylation is 1. The zero-order valence-electron chi connectivity index (χ0n) is 13.9. The molecule has 1 aromatic carbocycles. The lowest BCUT2D eigenvalue weighted by Crippen LogP contribution is -2.39. The molecule has 2 aromatic rings. The maximum atomic E-state index is 13.0. The van der Waals surface area contributed by atoms with Gasteiger partial charge in [-0.3, -0.25) is 14.7 Å². The molecule has 1 aliphatic heterocycles. The maximum Gasteiger partial charge on any atom is 0.254 e. The van der Waals surface area contributed by atoms with E-state index in [9.17, 15) is 9.59 Å². The van der Waals surface area contributed by atoms with Crippen LogP contribution in [0.3, 0.4) is 0 Å². The Balaban J connectivity index is 1.88. The van der Waals surface area contributed by atoms with E-state index in [2.05, 4.69) is 20.5 Å². The van der Waals surface area contributed by atoms with Crippen LogP contribution in [0, 0.1) is 6.92 Å². The summed E-state index contributed by atoms with van der Waals surface area (Å²) in [7, 11) is 1.57. The first-order valence-corrected chi connectivity index (χ1v) is 8.12. The topological polar surface area (TPSA) is 91.0 Å². The average molecular weight is 327 g/mol. The molecule has 126 valence electrons. The first-order chi connectivity index (χ1) is 11.6. The molecular weight excluding hydrogens is 306 g/mol. The van der Waals surface area contributed by atoms with Gasteiger partial charge in [-0.05, 0) is 44.4 Å². The fraction of sp³-hybridized carbons (Fsp3) is 0.412. The van der Waals surface area contributed by atoms with Crippen molar-refractivity contribution in [2.45, 2.75) is 32.2 Å². The number of hydrogen-bond acceptors (Lipinski definition) is 4. The number of nitrogens with one attached hydrogen (secondary N) is 2. The lowest BCUT2D eigenvalue weighted by Gasteiger charge is -2.34. The third-order valence-corrected chi connectivity index (χ3v) is 4.27. The van der Waals surface area contributed by atoms with Crippen molar-refractivity contribution < 1.29 is 9.59 Å². The second-order valence-corrected chi connectivity index (χ2v) is 5.95. The monoisotopic (exact) mass is 327 g/mol. The van der Waals surface area contributed by atoms with E-state index in [4.69, 9.17) is 0 Å². The Kier molecular flexibility index (Phi) is 4.59. The summed E-state index contributed by atoms with van der Waals surface area (Å²) < 4.78 is 0. The molecule has 1 atom stereocenters. The molecule has 0 bridgehead atoms. The molecule has 0 radical (unpaired) electrons. The third kappa shape index (κ3) is 3.15. The number of benzene rings is 1. The molecule has 7 heteroatoms. The fourth-order valence-corrected chi connectivity index (χ4v) is 3.06. The van der Waals surface area contributed by atoms with Gasteiger partial charge in [-0.15, -0.1) is 0 Å². The molecule has 3 rings (SSSR count). The van der Waals surface area contributed by atoms with Crippen molar-refractivity contribution in [1.82, 2.24) is 25.4 Å². The van der Waals surface area contributed by atoms with E-state index in [1.54, 1.807) is 31.3 Å². The highest BCUT2D eigenvalue weighted by molar-refractivity contribution is 5.99. The highest BCUT2D eigenvalue weighted by atomic mass is 16.2. The van der Waals surface area contributed by atoms with Crippen molar-refractivity contribution in [3.63, 3.8) is 0 Å². The number of aromatic nitrogens is 3. The van der Waals surface area contributed by atoms with Gasteiger partial charge in [0.1, 0.15) is 5.82 Å². The van der Waals surface area contributed by atoms with Gasteiger partial charge in [0.15, 0.2) is 5.82 Å². The Bertz CT molecular complexity index is 755. The van der Waals surface area contributed by atoms with Gasteiger partial charge in [-0.25, -0.2) is 4.98 Å². The van der Waals surface area contributed by atoms with Gasteiger partial charge in [0.25, 0.3) is 11.8 Å². The summed E-state index contributed by atoms with van der Waals surface area (Å²) >= 11 is 0. The number of carbonyl (C=O) groups excluding carboxylic acids is 2. The highest BCUT2D eigenvalue weighted by Crippen LogP contribution is 2.30. The SMILES string of the molecule is CNC(=O)c1cccc(C(=O)N2CCCC[C@H]2c2n[nH]c(C)n2)c1. The van der Waals surface area contributed by atoms with Crippen molar-refractivity contribution in [3.8, 4) is 0 Å². The molecular formula is C17H21N5O2. The number of hydrogen-bond donors (Lipinski definition) is 2. The van der Waals surface area contributed by atoms with Crippen LogP contribution in [-0.2, 0) is 0 Å². The smallest absolute Gasteiger partial charge is 0.254 e. The quantitative estimate of drug-likeness (QED) is 0.900. The number of likely N-dealkylation sites (tertiary alicyclic amines) is 1. The van der Waals surface area contributed by atoms with Crippen molar-refractivity contribution in [2.75, 3.05) is 13.6 Å². The standard InChI is InChI=1S/C17H21N5O2/c1-11-19-15(21-20-11)14-8-3-4-9-22(14)17(24)13-7-5-6-12(10-13)16(23)18-2/h5-7,10,14H,3-4,8-9H2,1-2H3,(H,18,23)(H,19,20,21)/t14-/m0/s1. The van der Waals surface area contributed by atoms with E-state index >= 15 is 0 Å². The molecule has 7 nitrogen and oxygen atoms in total. The summed E-state index contributed by atoms with van der Waals surface area (Å²) in [5.74, 6) is 1.10. The normalized spacial score (nSPS) is 17.6. The predicted octanol–water partition coefficient (Wildman–Crippen LogP) is 1.84. The van der Waals surface area contributed by atoms with Gasteiger partial charge < -0.3 is 10.2 Å². The van der Waals surface area contributed by atoms with Crippen LogP contribution in [0.1, 0.15) is 57.7 Å². The summed E-state index contributed by atoms with van der Waals surface area (Å²) in [6, 6.07) is 6.68. The minimum atomic E-state index is -0.204. The molecule has 24 heavy (non-hydrogen) atoms. The number of carbonyl (C=O) groups is 2. The number of rotatable bonds is 3. The van der Waals surface area contributed by atoms with E-state index < -0.39 is 0 Å². The van der Waals surface area contributed by atoms with Crippen LogP contribution in [-0.4, -0.2) is 45.5 Å². The predicted molar refractivity (Wildman–Crippen MR) is 88.6 cm³/mol. The highest BCUT2D eigenvalue weighted by Gasteiger charge is 2.31. The molecule has 2 heterocycles. The summed E-state index contributed by atoms with van der Waals surface area (Å²) in [5, 5.41) is 9.65. The van der Waals surface area contributed by atoms with Crippen LogP contribution in [0.5, 0.6) is 0 Å². The number of nitrogens with zero attached hydrogens (tertiary/aromatic N) is 3. The van der Waals surface area contributed by atoms with Gasteiger partial charge in [-0.1, -0.05) is 6.07 Å². The van der Waals surface area contributed by atoms with E-state index in [-0.39, 0.29) is 17.9 Å². The number of piperidine rings is 1. The number of amides is 2. The number of aromatic amines is 1. The van der Waals surface area contributed by atoms with Crippen LogP contribution >= 0.6 is 0 Å². The number of H-pyrrole nitrogens is 1. The Morgan fingerprint density at radius 1 is 1.29 bits per heavy atom. The van der Waals surface area contributed by atoms with Crippen molar-refractivity contribution in [3.05, 3.63) is 47.0 Å². The second-order valence-electron chi connectivity index (χ2n) is 5.95. The largest absolute Gasteiger partial charge is 0.355 e. The minimum Gasteiger partial charge on any atom is -0.355 e. The first-order valence-electron chi connectivity index (χ1n) is 8.12. The van der Waals surface area contributed by atoms with Crippen LogP contribution in [0.2, 0.25) is 0 Å². The van der Waals surface area contributed by atoms with Crippen molar-refractivity contribution in [1.29, 1.82) is 0 Å². The van der Waals surface area contributed by atoms with E-state index in [0.717, 1.165) is 25.1 Å². The van der Waals surface area contributed by atoms with Crippen molar-refractivity contribution in [2.24, 2.45) is 0 Å². The summed E-state index contributed by atoms with van der Waals surface area (Å²) in [5.41, 5.74) is 0.987. The Morgan fingerprint density at radius 3 is 2.79 bits per heavy atom. The summed E-state index contributed by atoms with van der Waals surface area (Å²) in [4.78, 5) is 31.0. The first kappa shape index (κ1) is 16.2. The van der Waals surface area contributed by atoms with E-state index in [1.807, 2.05) is 11.8 Å². The van der Waals surface area contributed by atoms with Gasteiger partial charge in [0.05, 0.1) is 6.04 Å². The molecule has 0 saturated carbocycles. The van der Waals surface area contributed by atoms with Crippen LogP contribution in [0.25, 0.3) is 0 Å². The second kappa shape index (κ2) is 6.82. The molecule has 1 fully saturated rings. The molecule has 2 N–H and O–H groups in total. The molecule has 0 aliphatic carbocycles. The zero-order chi connectivity index (χ0) is 17.1. The van der Waals surface area contributed by atoms with Gasteiger partial charge >= 0.3 is 0 Å². The summed E-state index contributed by atoms with van der Waals surface area (Å²) in [6.45, 7) is 2.51. The minimum absolute atomic E-state index is 0.0899. The Labute approximate surface area is 140 Å². The van der Waals surface area contributed by atoms with Crippen LogP contribution < -0.4 is 5.32 Å². The molecule has 0 unspecified atom stereocenters. The fourth-order valence-electron chi connectivity index (χ4n) is 3.06. The van der Waals surface area contributed by atoms with E-state index in [1.165, 1.54) is 0 Å². The van der Waals surface area contributed by atoms with Gasteiger partial charge in [-0.2, -0.15) is 5.10 Å². The van der Waals surface area contributed by atoms with Crippen LogP contribution in [0.15, 0.2) is 24.3 Å². The zero-order valence-corrected chi connectivity index (χ0v) is 13.9. The van der Waals surface area contributed by atoms with Gasteiger partial charge in [0.2, 0.25) is 0 Å². The molecule has 0 spiro atoms. The maximum absolute atomic E-state index is 13.0. The van der Waals surface area contributed by atoms with E-state index in [0.29, 0.717) is 23.5 Å².